The predicted octanol–water partition coefficient (Wildman–Crippen LogP) is 2.24. The number of nitrogens with zero attached hydrogens (tertiary/aromatic N) is 1. The van der Waals surface area contributed by atoms with E-state index < -0.39 is 5.97 Å². The number of aromatic nitrogens is 1. The molecule has 18 heavy (non-hydrogen) atoms. The summed E-state index contributed by atoms with van der Waals surface area (Å²) in [6.07, 6.45) is 1.84. The van der Waals surface area contributed by atoms with E-state index in [9.17, 15) is 4.79 Å². The average molecular weight is 272 g/mol. The van der Waals surface area contributed by atoms with Gasteiger partial charge >= 0.3 is 5.97 Å². The predicted molar refractivity (Wildman–Crippen MR) is 65.2 cm³/mol. The number of hydrogen-bond donors (Lipinski definition) is 1. The second-order valence-corrected chi connectivity index (χ2v) is 4.55. The maximum Gasteiger partial charge on any atom is 0.341 e. The molecule has 0 spiro atoms. The highest BCUT2D eigenvalue weighted by atomic mass is 35.5. The van der Waals surface area contributed by atoms with Crippen molar-refractivity contribution in [1.29, 1.82) is 0 Å². The quantitative estimate of drug-likeness (QED) is 0.851. The van der Waals surface area contributed by atoms with Crippen LogP contribution in [0.25, 0.3) is 0 Å². The summed E-state index contributed by atoms with van der Waals surface area (Å²) in [5.41, 5.74) is 0.0338. The van der Waals surface area contributed by atoms with Gasteiger partial charge in [-0.1, -0.05) is 11.6 Å². The molecule has 0 atom stereocenters. The van der Waals surface area contributed by atoms with Crippen molar-refractivity contribution in [3.63, 3.8) is 0 Å². The molecule has 1 N–H and O–H groups in total. The third-order valence-electron chi connectivity index (χ3n) is 2.85. The summed E-state index contributed by atoms with van der Waals surface area (Å²) in [7, 11) is 0. The van der Waals surface area contributed by atoms with E-state index in [1.807, 2.05) is 0 Å². The van der Waals surface area contributed by atoms with Crippen molar-refractivity contribution in [2.75, 3.05) is 19.8 Å². The fourth-order valence-electron chi connectivity index (χ4n) is 1.80. The van der Waals surface area contributed by atoms with Gasteiger partial charge in [0.05, 0.1) is 6.61 Å². The molecular formula is C12H14ClNO4. The van der Waals surface area contributed by atoms with E-state index in [0.29, 0.717) is 12.5 Å². The lowest BCUT2D eigenvalue weighted by Gasteiger charge is -2.22. The minimum absolute atomic E-state index is 0.0338. The molecule has 0 saturated carbocycles. The summed E-state index contributed by atoms with van der Waals surface area (Å²) in [5, 5.41) is 9.23. The minimum Gasteiger partial charge on any atom is -0.477 e. The lowest BCUT2D eigenvalue weighted by atomic mass is 10.0. The van der Waals surface area contributed by atoms with E-state index in [4.69, 9.17) is 26.2 Å². The molecule has 1 saturated heterocycles. The van der Waals surface area contributed by atoms with Crippen molar-refractivity contribution >= 4 is 17.6 Å². The zero-order chi connectivity index (χ0) is 13.0. The van der Waals surface area contributed by atoms with Gasteiger partial charge in [-0.05, 0) is 30.9 Å². The molecule has 0 bridgehead atoms. The van der Waals surface area contributed by atoms with Crippen LogP contribution >= 0.6 is 11.6 Å². The van der Waals surface area contributed by atoms with Crippen LogP contribution < -0.4 is 4.74 Å². The van der Waals surface area contributed by atoms with E-state index >= 15 is 0 Å². The first-order valence-electron chi connectivity index (χ1n) is 5.77. The number of carboxylic acids is 1. The Kier molecular flexibility index (Phi) is 4.38. The number of halogens is 1. The number of carbonyl (C=O) groups is 1. The summed E-state index contributed by atoms with van der Waals surface area (Å²) in [6, 6.07) is 2.84. The van der Waals surface area contributed by atoms with Crippen molar-refractivity contribution in [2.45, 2.75) is 12.8 Å². The molecule has 0 amide bonds. The van der Waals surface area contributed by atoms with Gasteiger partial charge in [0, 0.05) is 13.2 Å². The molecule has 5 nitrogen and oxygen atoms in total. The first-order valence-corrected chi connectivity index (χ1v) is 6.15. The van der Waals surface area contributed by atoms with Gasteiger partial charge in [0.1, 0.15) is 10.7 Å². The van der Waals surface area contributed by atoms with Crippen LogP contribution in [0.5, 0.6) is 5.88 Å². The number of pyridine rings is 1. The number of carboxylic acid groups (broad SMARTS) is 1. The lowest BCUT2D eigenvalue weighted by molar-refractivity contribution is 0.0482. The van der Waals surface area contributed by atoms with Crippen LogP contribution in [0.1, 0.15) is 23.2 Å². The molecule has 2 heterocycles. The fraction of sp³-hybridized carbons (Fsp3) is 0.500. The number of aromatic carboxylic acids is 1. The van der Waals surface area contributed by atoms with E-state index in [1.54, 1.807) is 0 Å². The van der Waals surface area contributed by atoms with Crippen molar-refractivity contribution in [1.82, 2.24) is 4.98 Å². The second kappa shape index (κ2) is 6.02. The van der Waals surface area contributed by atoms with Crippen LogP contribution in [0.2, 0.25) is 5.15 Å². The van der Waals surface area contributed by atoms with E-state index in [2.05, 4.69) is 4.98 Å². The molecule has 6 heteroatoms. The van der Waals surface area contributed by atoms with Crippen molar-refractivity contribution in [3.8, 4) is 5.88 Å². The zero-order valence-electron chi connectivity index (χ0n) is 9.76. The highest BCUT2D eigenvalue weighted by Crippen LogP contribution is 2.21. The highest BCUT2D eigenvalue weighted by Gasteiger charge is 2.18. The van der Waals surface area contributed by atoms with Gasteiger partial charge in [-0.3, -0.25) is 0 Å². The van der Waals surface area contributed by atoms with Crippen LogP contribution in [-0.2, 0) is 4.74 Å². The van der Waals surface area contributed by atoms with Crippen molar-refractivity contribution in [2.24, 2.45) is 5.92 Å². The molecule has 0 radical (unpaired) electrons. The average Bonchev–Trinajstić information content (AvgIpc) is 2.37. The third-order valence-corrected chi connectivity index (χ3v) is 3.06. The Morgan fingerprint density at radius 2 is 2.22 bits per heavy atom. The first kappa shape index (κ1) is 13.1. The Hall–Kier alpha value is -1.33. The summed E-state index contributed by atoms with van der Waals surface area (Å²) in [4.78, 5) is 14.9. The van der Waals surface area contributed by atoms with Crippen LogP contribution in [0.15, 0.2) is 12.1 Å². The van der Waals surface area contributed by atoms with Gasteiger partial charge in [-0.15, -0.1) is 0 Å². The monoisotopic (exact) mass is 271 g/mol. The molecular weight excluding hydrogens is 258 g/mol. The van der Waals surface area contributed by atoms with Crippen molar-refractivity contribution in [3.05, 3.63) is 22.8 Å². The van der Waals surface area contributed by atoms with Gasteiger partial charge in [-0.2, -0.15) is 0 Å². The summed E-state index contributed by atoms with van der Waals surface area (Å²) < 4.78 is 10.7. The van der Waals surface area contributed by atoms with Crippen LogP contribution in [0.3, 0.4) is 0 Å². The summed E-state index contributed by atoms with van der Waals surface area (Å²) in [6.45, 7) is 1.89. The molecule has 1 aliphatic rings. The standard InChI is InChI=1S/C12H14ClNO4/c13-10-2-1-9(12(15)16)11(14-10)18-7-8-3-5-17-6-4-8/h1-2,8H,3-7H2,(H,15,16). The molecule has 2 rings (SSSR count). The summed E-state index contributed by atoms with van der Waals surface area (Å²) >= 11 is 5.74. The van der Waals surface area contributed by atoms with Gasteiger partial charge < -0.3 is 14.6 Å². The Labute approximate surface area is 110 Å². The number of hydrogen-bond acceptors (Lipinski definition) is 4. The topological polar surface area (TPSA) is 68.7 Å². The summed E-state index contributed by atoms with van der Waals surface area (Å²) in [5.74, 6) is -0.608. The van der Waals surface area contributed by atoms with Crippen LogP contribution in [0, 0.1) is 5.92 Å². The molecule has 0 unspecified atom stereocenters. The van der Waals surface area contributed by atoms with Crippen LogP contribution in [-0.4, -0.2) is 35.9 Å². The number of ether oxygens (including phenoxy) is 2. The number of rotatable bonds is 4. The van der Waals surface area contributed by atoms with Crippen molar-refractivity contribution < 1.29 is 19.4 Å². The third kappa shape index (κ3) is 3.34. The molecule has 1 fully saturated rings. The van der Waals surface area contributed by atoms with E-state index in [-0.39, 0.29) is 16.6 Å². The molecule has 1 aliphatic heterocycles. The molecule has 98 valence electrons. The van der Waals surface area contributed by atoms with Gasteiger partial charge in [0.15, 0.2) is 0 Å². The second-order valence-electron chi connectivity index (χ2n) is 4.16. The zero-order valence-corrected chi connectivity index (χ0v) is 10.5. The first-order chi connectivity index (χ1) is 8.66. The smallest absolute Gasteiger partial charge is 0.341 e. The molecule has 0 aromatic carbocycles. The Morgan fingerprint density at radius 3 is 2.89 bits per heavy atom. The minimum atomic E-state index is -1.07. The fourth-order valence-corrected chi connectivity index (χ4v) is 1.94. The van der Waals surface area contributed by atoms with E-state index in [1.165, 1.54) is 12.1 Å². The normalized spacial score (nSPS) is 16.5. The highest BCUT2D eigenvalue weighted by molar-refractivity contribution is 6.29. The molecule has 1 aromatic heterocycles. The van der Waals surface area contributed by atoms with Gasteiger partial charge in [0.25, 0.3) is 0 Å². The Balaban J connectivity index is 2.03. The van der Waals surface area contributed by atoms with E-state index in [0.717, 1.165) is 26.1 Å². The maximum absolute atomic E-state index is 11.0. The largest absolute Gasteiger partial charge is 0.477 e. The Bertz CT molecular complexity index is 432. The maximum atomic E-state index is 11.0. The van der Waals surface area contributed by atoms with Gasteiger partial charge in [0.2, 0.25) is 5.88 Å². The molecule has 1 aromatic rings. The lowest BCUT2D eigenvalue weighted by Crippen LogP contribution is -2.22. The van der Waals surface area contributed by atoms with Gasteiger partial charge in [-0.25, -0.2) is 9.78 Å². The SMILES string of the molecule is O=C(O)c1ccc(Cl)nc1OCC1CCOCC1. The van der Waals surface area contributed by atoms with Crippen LogP contribution in [0.4, 0.5) is 0 Å². The Morgan fingerprint density at radius 1 is 1.50 bits per heavy atom. The molecule has 0 aliphatic carbocycles.